The molecule has 3 nitrogen and oxygen atoms in total. The number of benzene rings is 1. The summed E-state index contributed by atoms with van der Waals surface area (Å²) in [4.78, 5) is 0. The highest BCUT2D eigenvalue weighted by molar-refractivity contribution is 5.91. The van der Waals surface area contributed by atoms with Crippen molar-refractivity contribution < 1.29 is 4.74 Å². The largest absolute Gasteiger partial charge is 0.496 e. The maximum atomic E-state index is 8.95. The predicted octanol–water partition coefficient (Wildman–Crippen LogP) is 2.06. The number of methoxy groups -OCH3 is 1. The van der Waals surface area contributed by atoms with Crippen molar-refractivity contribution in [3.05, 3.63) is 30.0 Å². The summed E-state index contributed by atoms with van der Waals surface area (Å²) < 4.78 is 7.15. The molecule has 0 aliphatic rings. The van der Waals surface area contributed by atoms with Crippen LogP contribution < -0.4 is 4.74 Å². The molecular formula is C11H10N2O. The molecule has 1 aromatic heterocycles. The highest BCUT2D eigenvalue weighted by atomic mass is 16.5. The number of fused-ring (bicyclic) bond motifs is 1. The second-order valence-corrected chi connectivity index (χ2v) is 3.12. The molecule has 0 aliphatic heterocycles. The molecule has 0 radical (unpaired) electrons. The Kier molecular flexibility index (Phi) is 1.90. The van der Waals surface area contributed by atoms with E-state index in [0.29, 0.717) is 5.56 Å². The smallest absolute Gasteiger partial charge is 0.129 e. The average Bonchev–Trinajstić information content (AvgIpc) is 2.56. The van der Waals surface area contributed by atoms with E-state index in [4.69, 9.17) is 10.00 Å². The van der Waals surface area contributed by atoms with E-state index in [1.165, 1.54) is 0 Å². The fourth-order valence-corrected chi connectivity index (χ4v) is 1.67. The number of aryl methyl sites for hydroxylation is 1. The minimum absolute atomic E-state index is 0.653. The minimum Gasteiger partial charge on any atom is -0.496 e. The molecule has 0 spiro atoms. The number of aromatic nitrogens is 1. The van der Waals surface area contributed by atoms with Crippen molar-refractivity contribution in [1.29, 1.82) is 5.26 Å². The molecule has 2 aromatic rings. The molecule has 0 saturated heterocycles. The minimum atomic E-state index is 0.653. The third-order valence-corrected chi connectivity index (χ3v) is 2.32. The van der Waals surface area contributed by atoms with E-state index in [0.717, 1.165) is 16.7 Å². The van der Waals surface area contributed by atoms with Crippen LogP contribution in [0.5, 0.6) is 5.75 Å². The van der Waals surface area contributed by atoms with Gasteiger partial charge in [-0.25, -0.2) is 0 Å². The summed E-state index contributed by atoms with van der Waals surface area (Å²) in [5, 5.41) is 9.84. The molecule has 0 unspecified atom stereocenters. The molecule has 0 aliphatic carbocycles. The van der Waals surface area contributed by atoms with Gasteiger partial charge in [0.15, 0.2) is 0 Å². The van der Waals surface area contributed by atoms with Crippen molar-refractivity contribution in [3.63, 3.8) is 0 Å². The first-order valence-electron chi connectivity index (χ1n) is 4.30. The van der Waals surface area contributed by atoms with Crippen LogP contribution in [0.2, 0.25) is 0 Å². The Morgan fingerprint density at radius 3 is 2.86 bits per heavy atom. The van der Waals surface area contributed by atoms with Gasteiger partial charge in [-0.15, -0.1) is 0 Å². The fraction of sp³-hybridized carbons (Fsp3) is 0.182. The molecule has 0 amide bonds. The molecule has 0 fully saturated rings. The molecule has 0 N–H and O–H groups in total. The lowest BCUT2D eigenvalue weighted by Gasteiger charge is -2.01. The number of ether oxygens (including phenoxy) is 1. The van der Waals surface area contributed by atoms with Crippen LogP contribution in [-0.4, -0.2) is 11.7 Å². The Hall–Kier alpha value is -1.95. The van der Waals surface area contributed by atoms with Gasteiger partial charge < -0.3 is 9.30 Å². The SMILES string of the molecule is COc1cccc2c1c(C#N)cn2C. The van der Waals surface area contributed by atoms with Crippen molar-refractivity contribution in [3.8, 4) is 11.8 Å². The first-order chi connectivity index (χ1) is 6.77. The van der Waals surface area contributed by atoms with Gasteiger partial charge in [-0.2, -0.15) is 5.26 Å². The van der Waals surface area contributed by atoms with Gasteiger partial charge in [-0.1, -0.05) is 6.07 Å². The summed E-state index contributed by atoms with van der Waals surface area (Å²) in [6.07, 6.45) is 1.81. The standard InChI is InChI=1S/C11H10N2O/c1-13-7-8(6-12)11-9(13)4-3-5-10(11)14-2/h3-5,7H,1-2H3. The predicted molar refractivity (Wildman–Crippen MR) is 54.2 cm³/mol. The number of hydrogen-bond donors (Lipinski definition) is 0. The molecule has 0 saturated carbocycles. The molecule has 3 heteroatoms. The quantitative estimate of drug-likeness (QED) is 0.683. The summed E-state index contributed by atoms with van der Waals surface area (Å²) in [6.45, 7) is 0. The number of nitrogens with zero attached hydrogens (tertiary/aromatic N) is 2. The highest BCUT2D eigenvalue weighted by Crippen LogP contribution is 2.29. The fourth-order valence-electron chi connectivity index (χ4n) is 1.67. The number of nitriles is 1. The zero-order chi connectivity index (χ0) is 10.1. The van der Waals surface area contributed by atoms with Crippen LogP contribution in [0.25, 0.3) is 10.9 Å². The summed E-state index contributed by atoms with van der Waals surface area (Å²) in [6, 6.07) is 7.92. The normalized spacial score (nSPS) is 10.1. The Morgan fingerprint density at radius 1 is 1.43 bits per heavy atom. The van der Waals surface area contributed by atoms with E-state index in [1.807, 2.05) is 36.0 Å². The van der Waals surface area contributed by atoms with Crippen molar-refractivity contribution in [2.75, 3.05) is 7.11 Å². The Labute approximate surface area is 82.1 Å². The van der Waals surface area contributed by atoms with Gasteiger partial charge in [0.1, 0.15) is 11.8 Å². The van der Waals surface area contributed by atoms with Crippen LogP contribution in [0.4, 0.5) is 0 Å². The zero-order valence-corrected chi connectivity index (χ0v) is 8.11. The first-order valence-corrected chi connectivity index (χ1v) is 4.30. The summed E-state index contributed by atoms with van der Waals surface area (Å²) in [5.74, 6) is 0.750. The topological polar surface area (TPSA) is 37.9 Å². The van der Waals surface area contributed by atoms with Crippen LogP contribution in [0.15, 0.2) is 24.4 Å². The molecule has 1 aromatic carbocycles. The molecule has 14 heavy (non-hydrogen) atoms. The highest BCUT2D eigenvalue weighted by Gasteiger charge is 2.10. The van der Waals surface area contributed by atoms with Crippen LogP contribution in [0.3, 0.4) is 0 Å². The maximum Gasteiger partial charge on any atom is 0.129 e. The van der Waals surface area contributed by atoms with Crippen LogP contribution in [0, 0.1) is 11.3 Å². The average molecular weight is 186 g/mol. The van der Waals surface area contributed by atoms with E-state index in [-0.39, 0.29) is 0 Å². The summed E-state index contributed by atoms with van der Waals surface area (Å²) in [7, 11) is 3.53. The molecule has 1 heterocycles. The first kappa shape index (κ1) is 8.64. The van der Waals surface area contributed by atoms with Crippen molar-refractivity contribution in [1.82, 2.24) is 4.57 Å². The molecule has 2 rings (SSSR count). The van der Waals surface area contributed by atoms with Crippen LogP contribution >= 0.6 is 0 Å². The van der Waals surface area contributed by atoms with Gasteiger partial charge in [0.2, 0.25) is 0 Å². The summed E-state index contributed by atoms with van der Waals surface area (Å²) >= 11 is 0. The van der Waals surface area contributed by atoms with Crippen LogP contribution in [0.1, 0.15) is 5.56 Å². The van der Waals surface area contributed by atoms with Crippen molar-refractivity contribution in [2.24, 2.45) is 7.05 Å². The number of rotatable bonds is 1. The molecule has 70 valence electrons. The van der Waals surface area contributed by atoms with E-state index < -0.39 is 0 Å². The van der Waals surface area contributed by atoms with Crippen molar-refractivity contribution >= 4 is 10.9 Å². The zero-order valence-electron chi connectivity index (χ0n) is 8.11. The van der Waals surface area contributed by atoms with E-state index in [1.54, 1.807) is 7.11 Å². The van der Waals surface area contributed by atoms with Gasteiger partial charge in [0.05, 0.1) is 23.6 Å². The second-order valence-electron chi connectivity index (χ2n) is 3.12. The lowest BCUT2D eigenvalue weighted by molar-refractivity contribution is 0.420. The second kappa shape index (κ2) is 3.08. The lowest BCUT2D eigenvalue weighted by atomic mass is 10.2. The Morgan fingerprint density at radius 2 is 2.21 bits per heavy atom. The third-order valence-electron chi connectivity index (χ3n) is 2.32. The maximum absolute atomic E-state index is 8.95. The van der Waals surface area contributed by atoms with E-state index >= 15 is 0 Å². The van der Waals surface area contributed by atoms with Gasteiger partial charge in [0.25, 0.3) is 0 Å². The van der Waals surface area contributed by atoms with Crippen LogP contribution in [-0.2, 0) is 7.05 Å². The van der Waals surface area contributed by atoms with Gasteiger partial charge >= 0.3 is 0 Å². The molecule has 0 bridgehead atoms. The van der Waals surface area contributed by atoms with E-state index in [2.05, 4.69) is 6.07 Å². The Bertz CT molecular complexity index is 520. The monoisotopic (exact) mass is 186 g/mol. The van der Waals surface area contributed by atoms with E-state index in [9.17, 15) is 0 Å². The van der Waals surface area contributed by atoms with Gasteiger partial charge in [-0.05, 0) is 12.1 Å². The Balaban J connectivity index is 2.91. The third kappa shape index (κ3) is 1.05. The summed E-state index contributed by atoms with van der Waals surface area (Å²) in [5.41, 5.74) is 1.67. The molecular weight excluding hydrogens is 176 g/mol. The molecule has 0 atom stereocenters. The number of hydrogen-bond acceptors (Lipinski definition) is 2. The van der Waals surface area contributed by atoms with Crippen molar-refractivity contribution in [2.45, 2.75) is 0 Å². The lowest BCUT2D eigenvalue weighted by Crippen LogP contribution is -1.86. The van der Waals surface area contributed by atoms with Gasteiger partial charge in [-0.3, -0.25) is 0 Å². The van der Waals surface area contributed by atoms with Gasteiger partial charge in [0, 0.05) is 13.2 Å².